The topological polar surface area (TPSA) is 104 Å². The van der Waals surface area contributed by atoms with Gasteiger partial charge in [0.1, 0.15) is 5.75 Å². The van der Waals surface area contributed by atoms with Gasteiger partial charge in [0, 0.05) is 11.1 Å². The zero-order valence-electron chi connectivity index (χ0n) is 19.3. The van der Waals surface area contributed by atoms with Gasteiger partial charge in [-0.25, -0.2) is 16.8 Å². The molecule has 4 rings (SSSR count). The van der Waals surface area contributed by atoms with Crippen LogP contribution in [-0.4, -0.2) is 29.2 Å². The van der Waals surface area contributed by atoms with E-state index in [4.69, 9.17) is 10.5 Å². The molecule has 0 heterocycles. The van der Waals surface area contributed by atoms with Gasteiger partial charge in [-0.2, -0.15) is 0 Å². The molecule has 0 saturated carbocycles. The number of fused-ring (bicyclic) bond motifs is 1. The molecule has 0 saturated heterocycles. The Morgan fingerprint density at radius 3 is 2.29 bits per heavy atom. The maximum atomic E-state index is 13.2. The van der Waals surface area contributed by atoms with Crippen molar-refractivity contribution in [2.75, 3.05) is 18.1 Å². The van der Waals surface area contributed by atoms with Gasteiger partial charge in [0.25, 0.3) is 0 Å². The summed E-state index contributed by atoms with van der Waals surface area (Å²) in [5, 5.41) is 1.51. The average Bonchev–Trinajstić information content (AvgIpc) is 2.83. The highest BCUT2D eigenvalue weighted by Gasteiger charge is 2.20. The molecule has 0 spiro atoms. The van der Waals surface area contributed by atoms with E-state index in [-0.39, 0.29) is 27.9 Å². The normalized spacial score (nSPS) is 12.0. The van der Waals surface area contributed by atoms with Crippen LogP contribution in [0.25, 0.3) is 10.8 Å². The predicted molar refractivity (Wildman–Crippen MR) is 139 cm³/mol. The average molecular weight is 510 g/mol. The summed E-state index contributed by atoms with van der Waals surface area (Å²) in [6.45, 7) is 2.07. The highest BCUT2D eigenvalue weighted by atomic mass is 32.2. The molecule has 0 aliphatic rings. The Kier molecular flexibility index (Phi) is 7.14. The van der Waals surface area contributed by atoms with E-state index < -0.39 is 19.7 Å². The van der Waals surface area contributed by atoms with Gasteiger partial charge in [0.15, 0.2) is 19.7 Å². The number of hydrogen-bond donors (Lipinski definition) is 1. The van der Waals surface area contributed by atoms with Crippen molar-refractivity contribution in [2.24, 2.45) is 0 Å². The zero-order chi connectivity index (χ0) is 25.1. The van der Waals surface area contributed by atoms with Crippen molar-refractivity contribution in [3.8, 4) is 5.75 Å². The van der Waals surface area contributed by atoms with E-state index in [1.54, 1.807) is 60.7 Å². The Bertz CT molecular complexity index is 1560. The summed E-state index contributed by atoms with van der Waals surface area (Å²) in [7, 11) is -7.07. The quantitative estimate of drug-likeness (QED) is 0.253. The third-order valence-corrected chi connectivity index (χ3v) is 9.28. The summed E-state index contributed by atoms with van der Waals surface area (Å²) >= 11 is 0. The van der Waals surface area contributed by atoms with Crippen molar-refractivity contribution >= 4 is 36.1 Å². The highest BCUT2D eigenvalue weighted by Crippen LogP contribution is 2.29. The molecular formula is C27H27NO5S2. The second kappa shape index (κ2) is 10.1. The summed E-state index contributed by atoms with van der Waals surface area (Å²) in [6.07, 6.45) is 0.296. The second-order valence-corrected chi connectivity index (χ2v) is 12.5. The van der Waals surface area contributed by atoms with Crippen LogP contribution in [0.3, 0.4) is 0 Å². The molecule has 4 aromatic carbocycles. The first-order chi connectivity index (χ1) is 16.7. The Morgan fingerprint density at radius 2 is 1.51 bits per heavy atom. The summed E-state index contributed by atoms with van der Waals surface area (Å²) in [5.41, 5.74) is 7.85. The Balaban J connectivity index is 1.44. The summed E-state index contributed by atoms with van der Waals surface area (Å²) in [4.78, 5) is 0.541. The fourth-order valence-electron chi connectivity index (χ4n) is 3.85. The van der Waals surface area contributed by atoms with Crippen LogP contribution in [0.2, 0.25) is 0 Å². The van der Waals surface area contributed by atoms with E-state index in [2.05, 4.69) is 0 Å². The van der Waals surface area contributed by atoms with Crippen molar-refractivity contribution in [3.05, 3.63) is 96.1 Å². The number of sulfone groups is 2. The SMILES string of the molecule is Cc1ccc(S(=O)(=O)CCCOc2ccc(N)c(CS(=O)(=O)c3cccc4ccccc34)c2)cc1. The van der Waals surface area contributed by atoms with Crippen LogP contribution in [0.5, 0.6) is 5.75 Å². The first-order valence-corrected chi connectivity index (χ1v) is 14.5. The first-order valence-electron chi connectivity index (χ1n) is 11.2. The van der Waals surface area contributed by atoms with Crippen molar-refractivity contribution in [1.82, 2.24) is 0 Å². The first kappa shape index (κ1) is 24.8. The van der Waals surface area contributed by atoms with Gasteiger partial charge >= 0.3 is 0 Å². The maximum Gasteiger partial charge on any atom is 0.183 e. The minimum absolute atomic E-state index is 0.0483. The van der Waals surface area contributed by atoms with Gasteiger partial charge < -0.3 is 10.5 Å². The molecule has 6 nitrogen and oxygen atoms in total. The van der Waals surface area contributed by atoms with Gasteiger partial charge in [-0.15, -0.1) is 0 Å². The van der Waals surface area contributed by atoms with Crippen LogP contribution in [0.1, 0.15) is 17.5 Å². The largest absolute Gasteiger partial charge is 0.494 e. The van der Waals surface area contributed by atoms with Crippen LogP contribution in [-0.2, 0) is 25.4 Å². The molecular weight excluding hydrogens is 482 g/mol. The molecule has 0 fully saturated rings. The molecule has 2 N–H and O–H groups in total. The standard InChI is InChI=1S/C27H27NO5S2/c1-20-10-13-24(14-11-20)34(29,30)17-5-16-33-23-12-15-26(28)22(18-23)19-35(31,32)27-9-4-7-21-6-2-3-8-25(21)27/h2-4,6-15,18H,5,16-17,19,28H2,1H3. The van der Waals surface area contributed by atoms with Crippen LogP contribution in [0.15, 0.2) is 94.7 Å². The van der Waals surface area contributed by atoms with Crippen LogP contribution in [0.4, 0.5) is 5.69 Å². The second-order valence-electron chi connectivity index (χ2n) is 8.43. The maximum absolute atomic E-state index is 13.2. The molecule has 8 heteroatoms. The number of nitrogen functional groups attached to an aromatic ring is 1. The number of rotatable bonds is 9. The molecule has 182 valence electrons. The Hall–Kier alpha value is -3.36. The Morgan fingerprint density at radius 1 is 0.800 bits per heavy atom. The molecule has 0 aromatic heterocycles. The number of benzene rings is 4. The molecule has 0 aliphatic heterocycles. The number of anilines is 1. The monoisotopic (exact) mass is 509 g/mol. The minimum Gasteiger partial charge on any atom is -0.494 e. The van der Waals surface area contributed by atoms with Gasteiger partial charge in [-0.1, -0.05) is 54.1 Å². The van der Waals surface area contributed by atoms with Gasteiger partial charge in [-0.3, -0.25) is 0 Å². The molecule has 0 aliphatic carbocycles. The summed E-state index contributed by atoms with van der Waals surface area (Å²) in [6, 6.07) is 24.1. The van der Waals surface area contributed by atoms with Crippen LogP contribution < -0.4 is 10.5 Å². The van der Waals surface area contributed by atoms with Crippen molar-refractivity contribution in [3.63, 3.8) is 0 Å². The number of aryl methyl sites for hydroxylation is 1. The molecule has 0 radical (unpaired) electrons. The van der Waals surface area contributed by atoms with E-state index in [9.17, 15) is 16.8 Å². The highest BCUT2D eigenvalue weighted by molar-refractivity contribution is 7.91. The fourth-order valence-corrected chi connectivity index (χ4v) is 6.75. The van der Waals surface area contributed by atoms with E-state index in [0.29, 0.717) is 28.8 Å². The van der Waals surface area contributed by atoms with E-state index in [1.807, 2.05) is 31.2 Å². The van der Waals surface area contributed by atoms with E-state index >= 15 is 0 Å². The molecule has 0 atom stereocenters. The lowest BCUT2D eigenvalue weighted by atomic mass is 10.1. The lowest BCUT2D eigenvalue weighted by molar-refractivity contribution is 0.317. The summed E-state index contributed by atoms with van der Waals surface area (Å²) in [5.74, 6) is 0.120. The van der Waals surface area contributed by atoms with E-state index in [1.165, 1.54) is 0 Å². The van der Waals surface area contributed by atoms with Crippen LogP contribution >= 0.6 is 0 Å². The van der Waals surface area contributed by atoms with Crippen molar-refractivity contribution in [1.29, 1.82) is 0 Å². The number of ether oxygens (including phenoxy) is 1. The third kappa shape index (κ3) is 5.83. The lowest BCUT2D eigenvalue weighted by Gasteiger charge is -2.12. The summed E-state index contributed by atoms with van der Waals surface area (Å²) < 4.78 is 57.2. The molecule has 0 unspecified atom stereocenters. The van der Waals surface area contributed by atoms with Crippen molar-refractivity contribution in [2.45, 2.75) is 28.9 Å². The zero-order valence-corrected chi connectivity index (χ0v) is 21.0. The number of nitrogens with two attached hydrogens (primary N) is 1. The van der Waals surface area contributed by atoms with Crippen molar-refractivity contribution < 1.29 is 21.6 Å². The predicted octanol–water partition coefficient (Wildman–Crippen LogP) is 4.95. The van der Waals surface area contributed by atoms with Gasteiger partial charge in [0.2, 0.25) is 0 Å². The van der Waals surface area contributed by atoms with E-state index in [0.717, 1.165) is 10.9 Å². The fraction of sp³-hybridized carbons (Fsp3) is 0.185. The van der Waals surface area contributed by atoms with Gasteiger partial charge in [-0.05, 0) is 60.7 Å². The third-order valence-electron chi connectivity index (χ3n) is 5.75. The smallest absolute Gasteiger partial charge is 0.183 e. The lowest BCUT2D eigenvalue weighted by Crippen LogP contribution is -2.11. The molecule has 0 bridgehead atoms. The molecule has 4 aromatic rings. The van der Waals surface area contributed by atoms with Gasteiger partial charge in [0.05, 0.1) is 27.9 Å². The molecule has 35 heavy (non-hydrogen) atoms. The number of hydrogen-bond acceptors (Lipinski definition) is 6. The Labute approximate surface area is 206 Å². The van der Waals surface area contributed by atoms with Crippen LogP contribution in [0, 0.1) is 6.92 Å². The minimum atomic E-state index is -3.67. The molecule has 0 amide bonds.